The van der Waals surface area contributed by atoms with Crippen molar-refractivity contribution in [3.63, 3.8) is 0 Å². The second kappa shape index (κ2) is 5.35. The van der Waals surface area contributed by atoms with Crippen LogP contribution < -0.4 is 0 Å². The lowest BCUT2D eigenvalue weighted by atomic mass is 10.2. The Balaban J connectivity index is 2.03. The van der Waals surface area contributed by atoms with Gasteiger partial charge in [0, 0.05) is 22.4 Å². The van der Waals surface area contributed by atoms with E-state index in [1.807, 2.05) is 19.1 Å². The van der Waals surface area contributed by atoms with E-state index in [9.17, 15) is 9.59 Å². The first kappa shape index (κ1) is 12.8. The second-order valence-corrected chi connectivity index (χ2v) is 5.63. The van der Waals surface area contributed by atoms with Gasteiger partial charge in [0.25, 0.3) is 0 Å². The lowest BCUT2D eigenvalue weighted by Gasteiger charge is -2.19. The SMILES string of the molecule is Cc1ccc(C=CC(=O)N2CCC[C@@H]2C(=O)O)s1. The van der Waals surface area contributed by atoms with Crippen LogP contribution in [0, 0.1) is 6.92 Å². The fraction of sp³-hybridized carbons (Fsp3) is 0.385. The van der Waals surface area contributed by atoms with Crippen LogP contribution in [0.3, 0.4) is 0 Å². The molecule has 2 heterocycles. The zero-order valence-electron chi connectivity index (χ0n) is 10.1. The molecule has 1 aliphatic heterocycles. The highest BCUT2D eigenvalue weighted by Gasteiger charge is 2.32. The summed E-state index contributed by atoms with van der Waals surface area (Å²) in [7, 11) is 0. The molecule has 0 aromatic carbocycles. The van der Waals surface area contributed by atoms with E-state index < -0.39 is 12.0 Å². The molecule has 1 N–H and O–H groups in total. The number of aliphatic carboxylic acids is 1. The standard InChI is InChI=1S/C13H15NO3S/c1-9-4-5-10(18-9)6-7-12(15)14-8-2-3-11(14)13(16)17/h4-7,11H,2-3,8H2,1H3,(H,16,17)/t11-/m1/s1. The number of carboxylic acids is 1. The van der Waals surface area contributed by atoms with Crippen LogP contribution in [0.25, 0.3) is 6.08 Å². The molecule has 0 aliphatic carbocycles. The molecule has 0 bridgehead atoms. The Hall–Kier alpha value is -1.62. The maximum absolute atomic E-state index is 11.9. The van der Waals surface area contributed by atoms with E-state index >= 15 is 0 Å². The topological polar surface area (TPSA) is 57.6 Å². The first-order chi connectivity index (χ1) is 8.58. The maximum atomic E-state index is 11.9. The van der Waals surface area contributed by atoms with Crippen LogP contribution in [0.4, 0.5) is 0 Å². The Morgan fingerprint density at radius 2 is 2.28 bits per heavy atom. The Bertz CT molecular complexity index is 492. The van der Waals surface area contributed by atoms with Crippen molar-refractivity contribution < 1.29 is 14.7 Å². The molecule has 0 spiro atoms. The molecule has 1 aromatic rings. The molecule has 1 aromatic heterocycles. The summed E-state index contributed by atoms with van der Waals surface area (Å²) in [6, 6.07) is 3.28. The average molecular weight is 265 g/mol. The van der Waals surface area contributed by atoms with Gasteiger partial charge in [0.1, 0.15) is 6.04 Å². The molecule has 96 valence electrons. The second-order valence-electron chi connectivity index (χ2n) is 4.31. The summed E-state index contributed by atoms with van der Waals surface area (Å²) in [5.41, 5.74) is 0. The number of likely N-dealkylation sites (tertiary alicyclic amines) is 1. The molecule has 0 unspecified atom stereocenters. The molecule has 1 fully saturated rings. The fourth-order valence-corrected chi connectivity index (χ4v) is 2.86. The number of carbonyl (C=O) groups is 2. The Morgan fingerprint density at radius 3 is 2.89 bits per heavy atom. The summed E-state index contributed by atoms with van der Waals surface area (Å²) in [5, 5.41) is 9.01. The van der Waals surface area contributed by atoms with Gasteiger partial charge in [0.2, 0.25) is 5.91 Å². The lowest BCUT2D eigenvalue weighted by molar-refractivity contribution is -0.146. The van der Waals surface area contributed by atoms with Crippen molar-refractivity contribution in [2.45, 2.75) is 25.8 Å². The molecule has 18 heavy (non-hydrogen) atoms. The summed E-state index contributed by atoms with van der Waals surface area (Å²) in [5.74, 6) is -1.13. The molecule has 1 amide bonds. The van der Waals surface area contributed by atoms with Crippen LogP contribution in [0.5, 0.6) is 0 Å². The number of carbonyl (C=O) groups excluding carboxylic acids is 1. The van der Waals surface area contributed by atoms with Crippen molar-refractivity contribution in [1.82, 2.24) is 4.90 Å². The third kappa shape index (κ3) is 2.79. The number of aryl methyl sites for hydroxylation is 1. The van der Waals surface area contributed by atoms with Crippen LogP contribution in [0.15, 0.2) is 18.2 Å². The minimum absolute atomic E-state index is 0.217. The largest absolute Gasteiger partial charge is 0.480 e. The minimum atomic E-state index is -0.916. The number of hydrogen-bond acceptors (Lipinski definition) is 3. The highest BCUT2D eigenvalue weighted by Crippen LogP contribution is 2.19. The number of thiophene rings is 1. The molecule has 5 heteroatoms. The first-order valence-electron chi connectivity index (χ1n) is 5.86. The highest BCUT2D eigenvalue weighted by molar-refractivity contribution is 7.12. The van der Waals surface area contributed by atoms with Gasteiger partial charge in [-0.05, 0) is 38.0 Å². The van der Waals surface area contributed by atoms with Gasteiger partial charge in [-0.1, -0.05) is 0 Å². The predicted octanol–water partition coefficient (Wildman–Crippen LogP) is 2.15. The Morgan fingerprint density at radius 1 is 1.50 bits per heavy atom. The quantitative estimate of drug-likeness (QED) is 0.852. The van der Waals surface area contributed by atoms with Gasteiger partial charge in [0.15, 0.2) is 0 Å². The molecule has 1 aliphatic rings. The van der Waals surface area contributed by atoms with Crippen molar-refractivity contribution >= 4 is 29.3 Å². The van der Waals surface area contributed by atoms with Crippen LogP contribution in [0.1, 0.15) is 22.6 Å². The monoisotopic (exact) mass is 265 g/mol. The van der Waals surface area contributed by atoms with Gasteiger partial charge < -0.3 is 10.0 Å². The molecule has 0 saturated carbocycles. The molecule has 0 radical (unpaired) electrons. The van der Waals surface area contributed by atoms with Crippen LogP contribution in [0.2, 0.25) is 0 Å². The predicted molar refractivity (Wildman–Crippen MR) is 70.5 cm³/mol. The van der Waals surface area contributed by atoms with Crippen LogP contribution >= 0.6 is 11.3 Å². The molecular formula is C13H15NO3S. The normalized spacial score (nSPS) is 19.6. The maximum Gasteiger partial charge on any atom is 0.326 e. The summed E-state index contributed by atoms with van der Waals surface area (Å²) in [4.78, 5) is 26.5. The first-order valence-corrected chi connectivity index (χ1v) is 6.67. The molecule has 1 saturated heterocycles. The van der Waals surface area contributed by atoms with Gasteiger partial charge in [-0.25, -0.2) is 4.79 Å². The van der Waals surface area contributed by atoms with Gasteiger partial charge in [-0.2, -0.15) is 0 Å². The zero-order chi connectivity index (χ0) is 13.1. The number of carboxylic acid groups (broad SMARTS) is 1. The van der Waals surface area contributed by atoms with E-state index in [0.717, 1.165) is 11.3 Å². The van der Waals surface area contributed by atoms with E-state index in [0.29, 0.717) is 13.0 Å². The van der Waals surface area contributed by atoms with Crippen molar-refractivity contribution in [1.29, 1.82) is 0 Å². The third-order valence-electron chi connectivity index (χ3n) is 2.97. The smallest absolute Gasteiger partial charge is 0.326 e. The molecular weight excluding hydrogens is 250 g/mol. The average Bonchev–Trinajstić information content (AvgIpc) is 2.94. The summed E-state index contributed by atoms with van der Waals surface area (Å²) < 4.78 is 0. The molecule has 4 nitrogen and oxygen atoms in total. The Kier molecular flexibility index (Phi) is 3.81. The van der Waals surface area contributed by atoms with Gasteiger partial charge in [-0.15, -0.1) is 11.3 Å². The van der Waals surface area contributed by atoms with Gasteiger partial charge >= 0.3 is 5.97 Å². The van der Waals surface area contributed by atoms with Crippen LogP contribution in [-0.2, 0) is 9.59 Å². The highest BCUT2D eigenvalue weighted by atomic mass is 32.1. The zero-order valence-corrected chi connectivity index (χ0v) is 10.9. The Labute approximate surface area is 110 Å². The van der Waals surface area contributed by atoms with E-state index in [4.69, 9.17) is 5.11 Å². The fourth-order valence-electron chi connectivity index (χ4n) is 2.08. The van der Waals surface area contributed by atoms with Gasteiger partial charge in [-0.3, -0.25) is 4.79 Å². The lowest BCUT2D eigenvalue weighted by Crippen LogP contribution is -2.39. The van der Waals surface area contributed by atoms with E-state index in [2.05, 4.69) is 0 Å². The van der Waals surface area contributed by atoms with Gasteiger partial charge in [0.05, 0.1) is 0 Å². The van der Waals surface area contributed by atoms with E-state index in [-0.39, 0.29) is 5.91 Å². The molecule has 2 rings (SSSR count). The number of nitrogens with zero attached hydrogens (tertiary/aromatic N) is 1. The summed E-state index contributed by atoms with van der Waals surface area (Å²) >= 11 is 1.61. The van der Waals surface area contributed by atoms with Crippen molar-refractivity contribution in [2.24, 2.45) is 0 Å². The summed E-state index contributed by atoms with van der Waals surface area (Å²) in [6.45, 7) is 2.54. The van der Waals surface area contributed by atoms with E-state index in [1.165, 1.54) is 15.9 Å². The number of rotatable bonds is 3. The summed E-state index contributed by atoms with van der Waals surface area (Å²) in [6.07, 6.45) is 4.52. The molecule has 1 atom stereocenters. The number of hydrogen-bond donors (Lipinski definition) is 1. The number of amides is 1. The van der Waals surface area contributed by atoms with Crippen LogP contribution in [-0.4, -0.2) is 34.5 Å². The minimum Gasteiger partial charge on any atom is -0.480 e. The van der Waals surface area contributed by atoms with E-state index in [1.54, 1.807) is 17.4 Å². The van der Waals surface area contributed by atoms with Crippen molar-refractivity contribution in [3.05, 3.63) is 28.0 Å². The third-order valence-corrected chi connectivity index (χ3v) is 3.94. The van der Waals surface area contributed by atoms with Crippen molar-refractivity contribution in [3.8, 4) is 0 Å². The van der Waals surface area contributed by atoms with Crippen molar-refractivity contribution in [2.75, 3.05) is 6.54 Å².